The third-order valence-corrected chi connectivity index (χ3v) is 3.80. The van der Waals surface area contributed by atoms with Crippen molar-refractivity contribution in [3.63, 3.8) is 0 Å². The molecule has 2 aromatic rings. The fourth-order valence-electron chi connectivity index (χ4n) is 2.73. The second kappa shape index (κ2) is 6.79. The lowest BCUT2D eigenvalue weighted by Gasteiger charge is -2.23. The molecule has 0 bridgehead atoms. The van der Waals surface area contributed by atoms with Crippen LogP contribution in [-0.2, 0) is 0 Å². The summed E-state index contributed by atoms with van der Waals surface area (Å²) in [6, 6.07) is 6.31. The van der Waals surface area contributed by atoms with Crippen LogP contribution in [0.2, 0.25) is 0 Å². The number of aryl methyl sites for hydroxylation is 1. The first-order valence-corrected chi connectivity index (χ1v) is 7.89. The molecule has 1 N–H and O–H groups in total. The number of rotatable bonds is 4. The normalized spacial score (nSPS) is 15.6. The Morgan fingerprint density at radius 3 is 2.95 bits per heavy atom. The largest absolute Gasteiger partial charge is 0.492 e. The fraction of sp³-hybridized carbons (Fsp3) is 0.500. The van der Waals surface area contributed by atoms with Crippen molar-refractivity contribution in [3.8, 4) is 11.4 Å². The second-order valence-corrected chi connectivity index (χ2v) is 5.41. The number of ether oxygens (including phenoxy) is 1. The molecule has 1 fully saturated rings. The van der Waals surface area contributed by atoms with Gasteiger partial charge in [-0.25, -0.2) is 9.67 Å². The van der Waals surface area contributed by atoms with E-state index in [1.165, 1.54) is 5.69 Å². The van der Waals surface area contributed by atoms with E-state index in [1.54, 1.807) is 11.0 Å². The zero-order valence-electron chi connectivity index (χ0n) is 13.2. The molecule has 1 aliphatic heterocycles. The summed E-state index contributed by atoms with van der Waals surface area (Å²) in [7, 11) is 0. The van der Waals surface area contributed by atoms with E-state index in [-0.39, 0.29) is 0 Å². The first-order valence-electron chi connectivity index (χ1n) is 7.89. The number of nitrogens with zero attached hydrogens (tertiary/aromatic N) is 4. The Morgan fingerprint density at radius 2 is 2.18 bits per heavy atom. The van der Waals surface area contributed by atoms with Crippen LogP contribution in [0.1, 0.15) is 19.2 Å². The number of hydrogen-bond acceptors (Lipinski definition) is 5. The lowest BCUT2D eigenvalue weighted by Crippen LogP contribution is -2.27. The maximum absolute atomic E-state index is 5.83. The maximum atomic E-state index is 5.83. The standard InChI is InChI=1S/C16H23N5O/c1-3-22-16-11-14(20-9-4-7-17-8-10-20)5-6-15(16)21-12-18-13(2)19-21/h5-6,11-12,17H,3-4,7-10H2,1-2H3. The molecular formula is C16H23N5O. The average molecular weight is 301 g/mol. The van der Waals surface area contributed by atoms with Crippen LogP contribution < -0.4 is 15.0 Å². The Labute approximate surface area is 131 Å². The predicted molar refractivity (Wildman–Crippen MR) is 87.0 cm³/mol. The summed E-state index contributed by atoms with van der Waals surface area (Å²) in [5.41, 5.74) is 2.13. The fourth-order valence-corrected chi connectivity index (χ4v) is 2.73. The summed E-state index contributed by atoms with van der Waals surface area (Å²) in [5, 5.41) is 7.81. The van der Waals surface area contributed by atoms with Crippen molar-refractivity contribution in [3.05, 3.63) is 30.4 Å². The first kappa shape index (κ1) is 14.8. The minimum absolute atomic E-state index is 0.631. The lowest BCUT2D eigenvalue weighted by atomic mass is 10.2. The molecule has 1 saturated heterocycles. The Morgan fingerprint density at radius 1 is 1.27 bits per heavy atom. The van der Waals surface area contributed by atoms with Crippen molar-refractivity contribution in [2.75, 3.05) is 37.7 Å². The Balaban J connectivity index is 1.92. The summed E-state index contributed by atoms with van der Waals surface area (Å²) >= 11 is 0. The summed E-state index contributed by atoms with van der Waals surface area (Å²) in [5.74, 6) is 1.60. The van der Waals surface area contributed by atoms with Crippen LogP contribution in [-0.4, -0.2) is 47.6 Å². The van der Waals surface area contributed by atoms with Crippen molar-refractivity contribution in [1.82, 2.24) is 20.1 Å². The number of benzene rings is 1. The molecule has 3 rings (SSSR count). The molecular weight excluding hydrogens is 278 g/mol. The van der Waals surface area contributed by atoms with Crippen LogP contribution in [0, 0.1) is 6.92 Å². The minimum Gasteiger partial charge on any atom is -0.492 e. The third kappa shape index (κ3) is 3.22. The summed E-state index contributed by atoms with van der Waals surface area (Å²) < 4.78 is 7.60. The van der Waals surface area contributed by atoms with Crippen molar-refractivity contribution in [2.45, 2.75) is 20.3 Å². The van der Waals surface area contributed by atoms with Gasteiger partial charge in [-0.1, -0.05) is 0 Å². The zero-order chi connectivity index (χ0) is 15.4. The lowest BCUT2D eigenvalue weighted by molar-refractivity contribution is 0.338. The summed E-state index contributed by atoms with van der Waals surface area (Å²) in [6.45, 7) is 8.72. The Hall–Kier alpha value is -2.08. The quantitative estimate of drug-likeness (QED) is 0.933. The van der Waals surface area contributed by atoms with Gasteiger partial charge >= 0.3 is 0 Å². The van der Waals surface area contributed by atoms with Gasteiger partial charge in [0.25, 0.3) is 0 Å². The smallest absolute Gasteiger partial charge is 0.147 e. The van der Waals surface area contributed by atoms with E-state index < -0.39 is 0 Å². The van der Waals surface area contributed by atoms with E-state index in [1.807, 2.05) is 13.8 Å². The molecule has 118 valence electrons. The number of anilines is 1. The van der Waals surface area contributed by atoms with E-state index in [4.69, 9.17) is 4.74 Å². The van der Waals surface area contributed by atoms with Gasteiger partial charge in [-0.05, 0) is 38.9 Å². The zero-order valence-corrected chi connectivity index (χ0v) is 13.2. The van der Waals surface area contributed by atoms with Crippen LogP contribution in [0.25, 0.3) is 5.69 Å². The molecule has 6 heteroatoms. The average Bonchev–Trinajstić information content (AvgIpc) is 2.79. The van der Waals surface area contributed by atoms with Gasteiger partial charge in [0.15, 0.2) is 0 Å². The van der Waals surface area contributed by atoms with Crippen molar-refractivity contribution >= 4 is 5.69 Å². The molecule has 0 atom stereocenters. The number of hydrogen-bond donors (Lipinski definition) is 1. The Kier molecular flexibility index (Phi) is 4.58. The van der Waals surface area contributed by atoms with Crippen LogP contribution >= 0.6 is 0 Å². The molecule has 0 aliphatic carbocycles. The van der Waals surface area contributed by atoms with Crippen LogP contribution in [0.15, 0.2) is 24.5 Å². The molecule has 1 aromatic heterocycles. The molecule has 0 saturated carbocycles. The van der Waals surface area contributed by atoms with Crippen LogP contribution in [0.5, 0.6) is 5.75 Å². The van der Waals surface area contributed by atoms with Gasteiger partial charge in [0.2, 0.25) is 0 Å². The molecule has 6 nitrogen and oxygen atoms in total. The van der Waals surface area contributed by atoms with Gasteiger partial charge < -0.3 is 15.0 Å². The second-order valence-electron chi connectivity index (χ2n) is 5.41. The molecule has 0 radical (unpaired) electrons. The molecule has 0 amide bonds. The van der Waals surface area contributed by atoms with Gasteiger partial charge in [-0.3, -0.25) is 0 Å². The third-order valence-electron chi connectivity index (χ3n) is 3.80. The van der Waals surface area contributed by atoms with Crippen molar-refractivity contribution < 1.29 is 4.74 Å². The predicted octanol–water partition coefficient (Wildman–Crippen LogP) is 1.77. The van der Waals surface area contributed by atoms with Gasteiger partial charge in [-0.15, -0.1) is 0 Å². The van der Waals surface area contributed by atoms with Crippen molar-refractivity contribution in [1.29, 1.82) is 0 Å². The molecule has 1 aliphatic rings. The van der Waals surface area contributed by atoms with E-state index in [9.17, 15) is 0 Å². The van der Waals surface area contributed by atoms with Gasteiger partial charge in [0, 0.05) is 31.4 Å². The van der Waals surface area contributed by atoms with E-state index in [2.05, 4.69) is 38.5 Å². The highest BCUT2D eigenvalue weighted by molar-refractivity contribution is 5.59. The van der Waals surface area contributed by atoms with Gasteiger partial charge in [0.05, 0.1) is 6.61 Å². The maximum Gasteiger partial charge on any atom is 0.147 e. The van der Waals surface area contributed by atoms with Crippen LogP contribution in [0.4, 0.5) is 5.69 Å². The van der Waals surface area contributed by atoms with E-state index >= 15 is 0 Å². The molecule has 2 heterocycles. The molecule has 1 aromatic carbocycles. The van der Waals surface area contributed by atoms with Gasteiger partial charge in [-0.2, -0.15) is 5.10 Å². The number of aromatic nitrogens is 3. The van der Waals surface area contributed by atoms with E-state index in [0.717, 1.165) is 49.9 Å². The van der Waals surface area contributed by atoms with Crippen molar-refractivity contribution in [2.24, 2.45) is 0 Å². The SMILES string of the molecule is CCOc1cc(N2CCCNCC2)ccc1-n1cnc(C)n1. The summed E-state index contributed by atoms with van der Waals surface area (Å²) in [6.07, 6.45) is 2.89. The molecule has 0 spiro atoms. The topological polar surface area (TPSA) is 55.2 Å². The highest BCUT2D eigenvalue weighted by Crippen LogP contribution is 2.28. The highest BCUT2D eigenvalue weighted by Gasteiger charge is 2.14. The number of nitrogens with one attached hydrogen (secondary N) is 1. The first-order chi connectivity index (χ1) is 10.8. The molecule has 22 heavy (non-hydrogen) atoms. The van der Waals surface area contributed by atoms with E-state index in [0.29, 0.717) is 6.61 Å². The van der Waals surface area contributed by atoms with Gasteiger partial charge in [0.1, 0.15) is 23.6 Å². The minimum atomic E-state index is 0.631. The monoisotopic (exact) mass is 301 g/mol. The highest BCUT2D eigenvalue weighted by atomic mass is 16.5. The van der Waals surface area contributed by atoms with Crippen LogP contribution in [0.3, 0.4) is 0 Å². The molecule has 0 unspecified atom stereocenters. The Bertz CT molecular complexity index is 617. The summed E-state index contributed by atoms with van der Waals surface area (Å²) in [4.78, 5) is 6.60.